The molecule has 2 aromatic carbocycles. The molecule has 3 nitrogen and oxygen atoms in total. The molecule has 0 heterocycles. The number of nitrogens with one attached hydrogen (secondary N) is 1. The van der Waals surface area contributed by atoms with Crippen LogP contribution in [0.4, 0.5) is 4.39 Å². The van der Waals surface area contributed by atoms with Crippen molar-refractivity contribution in [1.82, 2.24) is 0 Å². The summed E-state index contributed by atoms with van der Waals surface area (Å²) in [5, 5.41) is 7.35. The first kappa shape index (κ1) is 14.1. The second-order valence-electron chi connectivity index (χ2n) is 4.82. The van der Waals surface area contributed by atoms with E-state index in [-0.39, 0.29) is 12.4 Å². The average Bonchev–Trinajstić information content (AvgIpc) is 2.37. The normalized spacial score (nSPS) is 10.3. The quantitative estimate of drug-likeness (QED) is 0.662. The number of rotatable bonds is 4. The Morgan fingerprint density at radius 1 is 1.20 bits per heavy atom. The number of hydrogen-bond donors (Lipinski definition) is 2. The minimum absolute atomic E-state index is 0.155. The van der Waals surface area contributed by atoms with E-state index in [0.29, 0.717) is 11.1 Å². The number of halogens is 1. The lowest BCUT2D eigenvalue weighted by atomic mass is 10.1. The van der Waals surface area contributed by atoms with Crippen LogP contribution >= 0.6 is 0 Å². The highest BCUT2D eigenvalue weighted by atomic mass is 19.1. The molecule has 0 aromatic heterocycles. The largest absolute Gasteiger partial charge is 0.489 e. The third-order valence-electron chi connectivity index (χ3n) is 2.99. The third kappa shape index (κ3) is 3.35. The first-order valence-electron chi connectivity index (χ1n) is 6.29. The van der Waals surface area contributed by atoms with E-state index in [2.05, 4.69) is 0 Å². The van der Waals surface area contributed by atoms with Crippen LogP contribution < -0.4 is 10.5 Å². The zero-order valence-electron chi connectivity index (χ0n) is 11.5. The zero-order chi connectivity index (χ0) is 14.7. The number of ether oxygens (including phenoxy) is 1. The number of benzene rings is 2. The standard InChI is InChI=1S/C16H17FN2O/c1-10-3-4-15(11(2)5-10)20-9-12-6-13(16(18)19)8-14(17)7-12/h3-8H,9H2,1-2H3,(H3,18,19). The summed E-state index contributed by atoms with van der Waals surface area (Å²) < 4.78 is 19.1. The summed E-state index contributed by atoms with van der Waals surface area (Å²) in [6.07, 6.45) is 0. The maximum atomic E-state index is 13.4. The number of amidine groups is 1. The van der Waals surface area contributed by atoms with Crippen molar-refractivity contribution in [2.45, 2.75) is 20.5 Å². The molecule has 0 saturated carbocycles. The summed E-state index contributed by atoms with van der Waals surface area (Å²) in [5.74, 6) is 0.193. The summed E-state index contributed by atoms with van der Waals surface area (Å²) in [6.45, 7) is 4.22. The van der Waals surface area contributed by atoms with Gasteiger partial charge >= 0.3 is 0 Å². The van der Waals surface area contributed by atoms with Crippen LogP contribution in [0, 0.1) is 25.1 Å². The fourth-order valence-corrected chi connectivity index (χ4v) is 2.01. The highest BCUT2D eigenvalue weighted by Crippen LogP contribution is 2.20. The van der Waals surface area contributed by atoms with E-state index in [1.165, 1.54) is 17.7 Å². The summed E-state index contributed by atoms with van der Waals surface area (Å²) in [7, 11) is 0. The molecular weight excluding hydrogens is 255 g/mol. The van der Waals surface area contributed by atoms with Gasteiger partial charge in [-0.25, -0.2) is 4.39 Å². The number of nitrogen functional groups attached to an aromatic ring is 1. The van der Waals surface area contributed by atoms with Crippen LogP contribution in [-0.2, 0) is 6.61 Å². The fourth-order valence-electron chi connectivity index (χ4n) is 2.01. The molecule has 0 radical (unpaired) electrons. The van der Waals surface area contributed by atoms with Crippen LogP contribution in [0.1, 0.15) is 22.3 Å². The van der Waals surface area contributed by atoms with E-state index in [4.69, 9.17) is 15.9 Å². The first-order chi connectivity index (χ1) is 9.45. The van der Waals surface area contributed by atoms with Gasteiger partial charge < -0.3 is 10.5 Å². The Bertz CT molecular complexity index is 653. The van der Waals surface area contributed by atoms with Crippen LogP contribution in [0.5, 0.6) is 5.75 Å². The Morgan fingerprint density at radius 3 is 2.60 bits per heavy atom. The second kappa shape index (κ2) is 5.74. The SMILES string of the molecule is Cc1ccc(OCc2cc(F)cc(C(=N)N)c2)c(C)c1. The second-order valence-corrected chi connectivity index (χ2v) is 4.82. The molecule has 104 valence electrons. The van der Waals surface area contributed by atoms with Crippen LogP contribution in [0.3, 0.4) is 0 Å². The monoisotopic (exact) mass is 272 g/mol. The molecule has 2 rings (SSSR count). The molecule has 0 bridgehead atoms. The van der Waals surface area contributed by atoms with Crippen molar-refractivity contribution < 1.29 is 9.13 Å². The van der Waals surface area contributed by atoms with Crippen LogP contribution in [-0.4, -0.2) is 5.84 Å². The Kier molecular flexibility index (Phi) is 4.03. The van der Waals surface area contributed by atoms with Gasteiger partial charge in [-0.1, -0.05) is 17.7 Å². The van der Waals surface area contributed by atoms with Gasteiger partial charge in [0, 0.05) is 5.56 Å². The predicted octanol–water partition coefficient (Wildman–Crippen LogP) is 3.31. The van der Waals surface area contributed by atoms with Gasteiger partial charge in [0.25, 0.3) is 0 Å². The number of nitrogens with two attached hydrogens (primary N) is 1. The van der Waals surface area contributed by atoms with Crippen LogP contribution in [0.15, 0.2) is 36.4 Å². The minimum atomic E-state index is -0.420. The predicted molar refractivity (Wildman–Crippen MR) is 77.7 cm³/mol. The van der Waals surface area contributed by atoms with Crippen molar-refractivity contribution in [1.29, 1.82) is 5.41 Å². The van der Waals surface area contributed by atoms with Gasteiger partial charge in [0.15, 0.2) is 0 Å². The maximum absolute atomic E-state index is 13.4. The molecule has 2 aromatic rings. The van der Waals surface area contributed by atoms with Gasteiger partial charge in [-0.15, -0.1) is 0 Å². The molecule has 0 spiro atoms. The van der Waals surface area contributed by atoms with E-state index in [9.17, 15) is 4.39 Å². The number of aryl methyl sites for hydroxylation is 2. The highest BCUT2D eigenvalue weighted by Gasteiger charge is 2.05. The molecule has 0 saturated heterocycles. The molecule has 20 heavy (non-hydrogen) atoms. The van der Waals surface area contributed by atoms with Crippen molar-refractivity contribution in [3.63, 3.8) is 0 Å². The summed E-state index contributed by atoms with van der Waals surface area (Å²) in [4.78, 5) is 0. The third-order valence-corrected chi connectivity index (χ3v) is 2.99. The summed E-state index contributed by atoms with van der Waals surface area (Å²) in [5.41, 5.74) is 8.59. The smallest absolute Gasteiger partial charge is 0.124 e. The highest BCUT2D eigenvalue weighted by molar-refractivity contribution is 5.95. The van der Waals surface area contributed by atoms with Gasteiger partial charge in [-0.05, 0) is 49.2 Å². The lowest BCUT2D eigenvalue weighted by Crippen LogP contribution is -2.12. The van der Waals surface area contributed by atoms with Gasteiger partial charge in [0.1, 0.15) is 24.0 Å². The van der Waals surface area contributed by atoms with Crippen molar-refractivity contribution in [3.05, 3.63) is 64.5 Å². The average molecular weight is 272 g/mol. The van der Waals surface area contributed by atoms with E-state index in [1.807, 2.05) is 32.0 Å². The Labute approximate surface area is 117 Å². The first-order valence-corrected chi connectivity index (χ1v) is 6.29. The molecule has 0 aliphatic rings. The maximum Gasteiger partial charge on any atom is 0.124 e. The van der Waals surface area contributed by atoms with E-state index >= 15 is 0 Å². The molecule has 4 heteroatoms. The Balaban J connectivity index is 2.16. The van der Waals surface area contributed by atoms with E-state index < -0.39 is 5.82 Å². The molecular formula is C16H17FN2O. The molecule has 3 N–H and O–H groups in total. The van der Waals surface area contributed by atoms with Gasteiger partial charge in [-0.3, -0.25) is 5.41 Å². The van der Waals surface area contributed by atoms with Crippen LogP contribution in [0.25, 0.3) is 0 Å². The molecule has 0 amide bonds. The van der Waals surface area contributed by atoms with E-state index in [1.54, 1.807) is 6.07 Å². The molecule has 0 aliphatic carbocycles. The Hall–Kier alpha value is -2.36. The van der Waals surface area contributed by atoms with Crippen molar-refractivity contribution in [3.8, 4) is 5.75 Å². The van der Waals surface area contributed by atoms with Crippen molar-refractivity contribution in [2.24, 2.45) is 5.73 Å². The minimum Gasteiger partial charge on any atom is -0.489 e. The topological polar surface area (TPSA) is 59.1 Å². The van der Waals surface area contributed by atoms with Gasteiger partial charge in [0.2, 0.25) is 0 Å². The lowest BCUT2D eigenvalue weighted by Gasteiger charge is -2.11. The number of hydrogen-bond acceptors (Lipinski definition) is 2. The molecule has 0 aliphatic heterocycles. The van der Waals surface area contributed by atoms with E-state index in [0.717, 1.165) is 11.3 Å². The molecule has 0 unspecified atom stereocenters. The van der Waals surface area contributed by atoms with Gasteiger partial charge in [-0.2, -0.15) is 0 Å². The van der Waals surface area contributed by atoms with Gasteiger partial charge in [0.05, 0.1) is 0 Å². The van der Waals surface area contributed by atoms with Crippen molar-refractivity contribution >= 4 is 5.84 Å². The zero-order valence-corrected chi connectivity index (χ0v) is 11.5. The fraction of sp³-hybridized carbons (Fsp3) is 0.188. The van der Waals surface area contributed by atoms with Crippen LogP contribution in [0.2, 0.25) is 0 Å². The van der Waals surface area contributed by atoms with Crippen molar-refractivity contribution in [2.75, 3.05) is 0 Å². The lowest BCUT2D eigenvalue weighted by molar-refractivity contribution is 0.303. The Morgan fingerprint density at radius 2 is 1.95 bits per heavy atom. The summed E-state index contributed by atoms with van der Waals surface area (Å²) in [6, 6.07) is 10.2. The molecule has 0 atom stereocenters. The summed E-state index contributed by atoms with van der Waals surface area (Å²) >= 11 is 0. The molecule has 0 fully saturated rings.